The molecule has 0 atom stereocenters. The molecule has 2 N–H and O–H groups in total. The van der Waals surface area contributed by atoms with Gasteiger partial charge in [-0.2, -0.15) is 0 Å². The number of hydrogen-bond acceptors (Lipinski definition) is 4. The molecule has 25 heavy (non-hydrogen) atoms. The summed E-state index contributed by atoms with van der Waals surface area (Å²) < 4.78 is 5.52. The molecule has 0 amide bonds. The largest absolute Gasteiger partial charge is 0.496 e. The van der Waals surface area contributed by atoms with E-state index in [4.69, 9.17) is 4.74 Å². The van der Waals surface area contributed by atoms with Crippen LogP contribution in [0.5, 0.6) is 5.75 Å². The van der Waals surface area contributed by atoms with Crippen molar-refractivity contribution in [2.75, 3.05) is 25.6 Å². The summed E-state index contributed by atoms with van der Waals surface area (Å²) in [5.74, 6) is 0.901. The molecule has 0 heterocycles. The van der Waals surface area contributed by atoms with Crippen LogP contribution in [-0.4, -0.2) is 25.1 Å². The lowest BCUT2D eigenvalue weighted by Crippen LogP contribution is -2.24. The third-order valence-corrected chi connectivity index (χ3v) is 3.81. The molecule has 0 unspecified atom stereocenters. The summed E-state index contributed by atoms with van der Waals surface area (Å²) in [7, 11) is 1.71. The molecule has 4 nitrogen and oxygen atoms in total. The van der Waals surface area contributed by atoms with Crippen LogP contribution in [0.1, 0.15) is 11.1 Å². The van der Waals surface area contributed by atoms with Gasteiger partial charge < -0.3 is 10.2 Å². The summed E-state index contributed by atoms with van der Waals surface area (Å²) >= 11 is 0. The molecule has 0 spiro atoms. The van der Waals surface area contributed by atoms with Gasteiger partial charge in [0.25, 0.3) is 0 Å². The van der Waals surface area contributed by atoms with Gasteiger partial charge in [0.2, 0.25) is 0 Å². The van der Waals surface area contributed by atoms with Gasteiger partial charge in [0, 0.05) is 37.4 Å². The summed E-state index contributed by atoms with van der Waals surface area (Å²) in [5, 5.41) is 0. The maximum Gasteiger partial charge on any atom is 0.123 e. The molecule has 0 aliphatic rings. The van der Waals surface area contributed by atoms with E-state index >= 15 is 0 Å². The van der Waals surface area contributed by atoms with Crippen molar-refractivity contribution in [3.05, 3.63) is 85.0 Å². The van der Waals surface area contributed by atoms with E-state index in [1.165, 1.54) is 5.56 Å². The Morgan fingerprint density at radius 1 is 1.04 bits per heavy atom. The maximum atomic E-state index is 5.52. The van der Waals surface area contributed by atoms with E-state index in [-0.39, 0.29) is 0 Å². The van der Waals surface area contributed by atoms with E-state index < -0.39 is 0 Å². The third-order valence-electron chi connectivity index (χ3n) is 3.81. The SMILES string of the molecule is C=CCN(CC=C)Cc1cc(CNNc2ccccc2)ccc1OC. The molecule has 0 fully saturated rings. The summed E-state index contributed by atoms with van der Waals surface area (Å²) in [6, 6.07) is 16.3. The van der Waals surface area contributed by atoms with Gasteiger partial charge in [-0.25, -0.2) is 5.43 Å². The van der Waals surface area contributed by atoms with Gasteiger partial charge in [-0.05, 0) is 29.8 Å². The monoisotopic (exact) mass is 337 g/mol. The van der Waals surface area contributed by atoms with Crippen LogP contribution < -0.4 is 15.6 Å². The molecular weight excluding hydrogens is 310 g/mol. The van der Waals surface area contributed by atoms with Crippen LogP contribution in [0.15, 0.2) is 73.8 Å². The summed E-state index contributed by atoms with van der Waals surface area (Å²) in [5.41, 5.74) is 9.84. The minimum atomic E-state index is 0.717. The predicted molar refractivity (Wildman–Crippen MR) is 106 cm³/mol. The molecule has 0 aromatic heterocycles. The molecule has 0 aliphatic carbocycles. The molecule has 2 aromatic carbocycles. The number of para-hydroxylation sites is 1. The Morgan fingerprint density at radius 3 is 2.40 bits per heavy atom. The average Bonchev–Trinajstić information content (AvgIpc) is 2.63. The van der Waals surface area contributed by atoms with Crippen LogP contribution in [0.2, 0.25) is 0 Å². The first-order chi connectivity index (χ1) is 12.3. The summed E-state index contributed by atoms with van der Waals surface area (Å²) in [6.07, 6.45) is 3.82. The summed E-state index contributed by atoms with van der Waals surface area (Å²) in [4.78, 5) is 2.26. The van der Waals surface area contributed by atoms with Crippen molar-refractivity contribution in [1.29, 1.82) is 0 Å². The molecule has 2 rings (SSSR count). The molecule has 132 valence electrons. The van der Waals surface area contributed by atoms with Gasteiger partial charge in [0.05, 0.1) is 7.11 Å². The van der Waals surface area contributed by atoms with Crippen molar-refractivity contribution in [3.8, 4) is 5.75 Å². The minimum Gasteiger partial charge on any atom is -0.496 e. The molecular formula is C21H27N3O. The van der Waals surface area contributed by atoms with Crippen molar-refractivity contribution >= 4 is 5.69 Å². The van der Waals surface area contributed by atoms with E-state index in [1.807, 2.05) is 48.6 Å². The molecule has 4 heteroatoms. The Morgan fingerprint density at radius 2 is 1.76 bits per heavy atom. The Bertz CT molecular complexity index is 660. The molecule has 0 radical (unpaired) electrons. The van der Waals surface area contributed by atoms with E-state index in [0.717, 1.165) is 43.2 Å². The fourth-order valence-electron chi connectivity index (χ4n) is 2.64. The quantitative estimate of drug-likeness (QED) is 0.480. The Balaban J connectivity index is 2.02. The van der Waals surface area contributed by atoms with Crippen molar-refractivity contribution in [3.63, 3.8) is 0 Å². The van der Waals surface area contributed by atoms with Crippen LogP contribution in [-0.2, 0) is 13.1 Å². The second-order valence-corrected chi connectivity index (χ2v) is 5.76. The maximum absolute atomic E-state index is 5.52. The number of anilines is 1. The van der Waals surface area contributed by atoms with Gasteiger partial charge in [-0.3, -0.25) is 4.90 Å². The van der Waals surface area contributed by atoms with Crippen LogP contribution >= 0.6 is 0 Å². The zero-order chi connectivity index (χ0) is 17.9. The van der Waals surface area contributed by atoms with Crippen LogP contribution in [0.3, 0.4) is 0 Å². The number of nitrogens with zero attached hydrogens (tertiary/aromatic N) is 1. The first kappa shape index (κ1) is 18.8. The van der Waals surface area contributed by atoms with Gasteiger partial charge in [0.15, 0.2) is 0 Å². The van der Waals surface area contributed by atoms with E-state index in [0.29, 0.717) is 0 Å². The van der Waals surface area contributed by atoms with Gasteiger partial charge in [0.1, 0.15) is 5.75 Å². The molecule has 0 aliphatic heterocycles. The van der Waals surface area contributed by atoms with Gasteiger partial charge in [-0.15, -0.1) is 13.2 Å². The molecule has 0 saturated carbocycles. The number of methoxy groups -OCH3 is 1. The fraction of sp³-hybridized carbons (Fsp3) is 0.238. The predicted octanol–water partition coefficient (Wildman–Crippen LogP) is 3.99. The van der Waals surface area contributed by atoms with E-state index in [9.17, 15) is 0 Å². The normalized spacial score (nSPS) is 10.5. The number of hydrogen-bond donors (Lipinski definition) is 2. The number of rotatable bonds is 11. The second kappa shape index (κ2) is 10.3. The molecule has 2 aromatic rings. The number of benzene rings is 2. The highest BCUT2D eigenvalue weighted by Crippen LogP contribution is 2.22. The lowest BCUT2D eigenvalue weighted by Gasteiger charge is -2.21. The lowest BCUT2D eigenvalue weighted by molar-refractivity contribution is 0.317. The standard InChI is InChI=1S/C21H27N3O/c1-4-13-24(14-5-2)17-19-15-18(11-12-21(19)25-3)16-22-23-20-9-7-6-8-10-20/h4-12,15,22-23H,1-2,13-14,16-17H2,3H3. The number of hydrazine groups is 1. The van der Waals surface area contributed by atoms with E-state index in [1.54, 1.807) is 7.11 Å². The fourth-order valence-corrected chi connectivity index (χ4v) is 2.64. The van der Waals surface area contributed by atoms with Crippen molar-refractivity contribution in [2.45, 2.75) is 13.1 Å². The molecule has 0 bridgehead atoms. The van der Waals surface area contributed by atoms with Gasteiger partial charge in [-0.1, -0.05) is 36.4 Å². The Kier molecular flexibility index (Phi) is 7.76. The van der Waals surface area contributed by atoms with Crippen molar-refractivity contribution < 1.29 is 4.74 Å². The number of nitrogens with one attached hydrogen (secondary N) is 2. The zero-order valence-corrected chi connectivity index (χ0v) is 14.9. The average molecular weight is 337 g/mol. The minimum absolute atomic E-state index is 0.717. The Hall–Kier alpha value is -2.56. The Labute approximate surface area is 150 Å². The summed E-state index contributed by atoms with van der Waals surface area (Å²) in [6.45, 7) is 10.8. The first-order valence-electron chi connectivity index (χ1n) is 8.40. The number of ether oxygens (including phenoxy) is 1. The topological polar surface area (TPSA) is 36.5 Å². The van der Waals surface area contributed by atoms with Crippen LogP contribution in [0, 0.1) is 0 Å². The first-order valence-corrected chi connectivity index (χ1v) is 8.40. The van der Waals surface area contributed by atoms with E-state index in [2.05, 4.69) is 41.0 Å². The smallest absolute Gasteiger partial charge is 0.123 e. The van der Waals surface area contributed by atoms with Crippen molar-refractivity contribution in [2.24, 2.45) is 0 Å². The zero-order valence-electron chi connectivity index (χ0n) is 14.9. The lowest BCUT2D eigenvalue weighted by atomic mass is 10.1. The van der Waals surface area contributed by atoms with Crippen LogP contribution in [0.25, 0.3) is 0 Å². The highest BCUT2D eigenvalue weighted by Gasteiger charge is 2.09. The van der Waals surface area contributed by atoms with Crippen molar-refractivity contribution in [1.82, 2.24) is 10.3 Å². The van der Waals surface area contributed by atoms with Crippen LogP contribution in [0.4, 0.5) is 5.69 Å². The highest BCUT2D eigenvalue weighted by atomic mass is 16.5. The third kappa shape index (κ3) is 6.10. The van der Waals surface area contributed by atoms with Gasteiger partial charge >= 0.3 is 0 Å². The second-order valence-electron chi connectivity index (χ2n) is 5.76. The highest BCUT2D eigenvalue weighted by molar-refractivity contribution is 5.42. The molecule has 0 saturated heterocycles.